The Morgan fingerprint density at radius 3 is 2.71 bits per heavy atom. The summed E-state index contributed by atoms with van der Waals surface area (Å²) in [6.45, 7) is 2.86. The molecule has 0 saturated carbocycles. The quantitative estimate of drug-likeness (QED) is 0.482. The van der Waals surface area contributed by atoms with E-state index in [1.165, 1.54) is 12.8 Å². The first kappa shape index (κ1) is 14.2. The van der Waals surface area contributed by atoms with Crippen molar-refractivity contribution in [1.82, 2.24) is 25.0 Å². The second-order valence-electron chi connectivity index (χ2n) is 3.89. The van der Waals surface area contributed by atoms with Crippen LogP contribution in [-0.4, -0.2) is 45.8 Å². The maximum absolute atomic E-state index is 4.27. The lowest BCUT2D eigenvalue weighted by atomic mass is 10.4. The fraction of sp³-hybridized carbons (Fsp3) is 0.700. The minimum Gasteiger partial charge on any atom is -0.349 e. The summed E-state index contributed by atoms with van der Waals surface area (Å²) in [7, 11) is 3.71. The van der Waals surface area contributed by atoms with E-state index in [0.29, 0.717) is 6.54 Å². The Kier molecular flexibility index (Phi) is 5.66. The van der Waals surface area contributed by atoms with Gasteiger partial charge in [-0.15, -0.1) is 24.0 Å². The van der Waals surface area contributed by atoms with Crippen LogP contribution in [0.25, 0.3) is 0 Å². The van der Waals surface area contributed by atoms with Crippen molar-refractivity contribution in [2.45, 2.75) is 19.4 Å². The van der Waals surface area contributed by atoms with Crippen molar-refractivity contribution in [3.05, 3.63) is 12.2 Å². The van der Waals surface area contributed by atoms with Crippen molar-refractivity contribution in [2.75, 3.05) is 20.1 Å². The largest absolute Gasteiger partial charge is 0.349 e. The van der Waals surface area contributed by atoms with Gasteiger partial charge in [0.15, 0.2) is 5.96 Å². The van der Waals surface area contributed by atoms with Gasteiger partial charge >= 0.3 is 0 Å². The zero-order valence-electron chi connectivity index (χ0n) is 10.3. The van der Waals surface area contributed by atoms with E-state index in [2.05, 4.69) is 25.3 Å². The standard InChI is InChI=1S/C10H18N6.HI/c1-11-10(16-5-3-4-6-16)12-7-9-13-8-14-15(9)2;/h8H,3-7H2,1-2H3,(H,11,12);1H. The van der Waals surface area contributed by atoms with Gasteiger partial charge in [-0.2, -0.15) is 5.10 Å². The number of likely N-dealkylation sites (tertiary alicyclic amines) is 1. The first-order chi connectivity index (χ1) is 7.81. The highest BCUT2D eigenvalue weighted by atomic mass is 127. The van der Waals surface area contributed by atoms with Crippen molar-refractivity contribution >= 4 is 29.9 Å². The van der Waals surface area contributed by atoms with E-state index in [4.69, 9.17) is 0 Å². The summed E-state index contributed by atoms with van der Waals surface area (Å²) in [6.07, 6.45) is 4.07. The highest BCUT2D eigenvalue weighted by Gasteiger charge is 2.15. The molecule has 2 heterocycles. The molecule has 0 aromatic carbocycles. The molecule has 0 unspecified atom stereocenters. The lowest BCUT2D eigenvalue weighted by Crippen LogP contribution is -2.39. The van der Waals surface area contributed by atoms with Crippen LogP contribution in [0.3, 0.4) is 0 Å². The number of rotatable bonds is 2. The third-order valence-corrected chi connectivity index (χ3v) is 2.83. The number of aryl methyl sites for hydroxylation is 1. The summed E-state index contributed by atoms with van der Waals surface area (Å²) >= 11 is 0. The predicted octanol–water partition coefficient (Wildman–Crippen LogP) is 0.604. The number of aliphatic imine (C=N–C) groups is 1. The molecule has 1 N–H and O–H groups in total. The Morgan fingerprint density at radius 2 is 2.18 bits per heavy atom. The monoisotopic (exact) mass is 350 g/mol. The van der Waals surface area contributed by atoms with Crippen LogP contribution in [0, 0.1) is 0 Å². The molecule has 1 aliphatic heterocycles. The van der Waals surface area contributed by atoms with Gasteiger partial charge < -0.3 is 10.2 Å². The van der Waals surface area contributed by atoms with E-state index in [1.54, 1.807) is 11.0 Å². The van der Waals surface area contributed by atoms with Crippen LogP contribution in [0.4, 0.5) is 0 Å². The topological polar surface area (TPSA) is 58.3 Å². The molecule has 0 aliphatic carbocycles. The van der Waals surface area contributed by atoms with Gasteiger partial charge in [0.1, 0.15) is 12.2 Å². The molecule has 1 saturated heterocycles. The molecule has 2 rings (SSSR count). The van der Waals surface area contributed by atoms with Crippen LogP contribution >= 0.6 is 24.0 Å². The summed E-state index contributed by atoms with van der Waals surface area (Å²) in [5, 5.41) is 7.34. The van der Waals surface area contributed by atoms with Gasteiger partial charge in [-0.3, -0.25) is 9.67 Å². The Morgan fingerprint density at radius 1 is 1.47 bits per heavy atom. The number of nitrogens with one attached hydrogen (secondary N) is 1. The van der Waals surface area contributed by atoms with Gasteiger partial charge in [0.05, 0.1) is 6.54 Å². The van der Waals surface area contributed by atoms with Crippen molar-refractivity contribution in [3.63, 3.8) is 0 Å². The van der Waals surface area contributed by atoms with Crippen LogP contribution in [0.1, 0.15) is 18.7 Å². The Bertz CT molecular complexity index is 369. The molecule has 17 heavy (non-hydrogen) atoms. The van der Waals surface area contributed by atoms with E-state index in [-0.39, 0.29) is 24.0 Å². The molecule has 0 bridgehead atoms. The summed E-state index contributed by atoms with van der Waals surface area (Å²) in [5.41, 5.74) is 0. The number of nitrogens with zero attached hydrogens (tertiary/aromatic N) is 5. The average Bonchev–Trinajstić information content (AvgIpc) is 2.92. The predicted molar refractivity (Wildman–Crippen MR) is 77.4 cm³/mol. The molecule has 1 aromatic rings. The minimum atomic E-state index is 0. The highest BCUT2D eigenvalue weighted by Crippen LogP contribution is 2.07. The second kappa shape index (κ2) is 6.77. The van der Waals surface area contributed by atoms with Gasteiger partial charge in [0, 0.05) is 27.2 Å². The van der Waals surface area contributed by atoms with Crippen molar-refractivity contribution in [1.29, 1.82) is 0 Å². The van der Waals surface area contributed by atoms with Crippen LogP contribution in [0.2, 0.25) is 0 Å². The molecule has 7 heteroatoms. The molecule has 0 atom stereocenters. The van der Waals surface area contributed by atoms with Gasteiger partial charge in [0.2, 0.25) is 0 Å². The zero-order valence-corrected chi connectivity index (χ0v) is 12.6. The molecule has 0 spiro atoms. The van der Waals surface area contributed by atoms with Crippen LogP contribution in [0.15, 0.2) is 11.3 Å². The molecule has 96 valence electrons. The molecule has 1 fully saturated rings. The van der Waals surface area contributed by atoms with Crippen LogP contribution < -0.4 is 5.32 Å². The number of hydrogen-bond donors (Lipinski definition) is 1. The number of halogens is 1. The van der Waals surface area contributed by atoms with Crippen molar-refractivity contribution in [3.8, 4) is 0 Å². The fourth-order valence-corrected chi connectivity index (χ4v) is 1.90. The Hall–Kier alpha value is -0.860. The number of hydrogen-bond acceptors (Lipinski definition) is 3. The van der Waals surface area contributed by atoms with Gasteiger partial charge in [-0.25, -0.2) is 4.98 Å². The highest BCUT2D eigenvalue weighted by molar-refractivity contribution is 14.0. The van der Waals surface area contributed by atoms with E-state index >= 15 is 0 Å². The third-order valence-electron chi connectivity index (χ3n) is 2.83. The van der Waals surface area contributed by atoms with Crippen LogP contribution in [-0.2, 0) is 13.6 Å². The van der Waals surface area contributed by atoms with E-state index in [9.17, 15) is 0 Å². The second-order valence-corrected chi connectivity index (χ2v) is 3.89. The Balaban J connectivity index is 0.00000144. The van der Waals surface area contributed by atoms with Gasteiger partial charge in [0.25, 0.3) is 0 Å². The molecular formula is C10H19IN6. The van der Waals surface area contributed by atoms with E-state index < -0.39 is 0 Å². The van der Waals surface area contributed by atoms with E-state index in [1.807, 2.05) is 14.1 Å². The number of aromatic nitrogens is 3. The maximum atomic E-state index is 4.27. The SMILES string of the molecule is CN=C(NCc1ncnn1C)N1CCCC1.I. The molecule has 0 amide bonds. The summed E-state index contributed by atoms with van der Waals surface area (Å²) < 4.78 is 1.77. The van der Waals surface area contributed by atoms with Crippen LogP contribution in [0.5, 0.6) is 0 Å². The molecular weight excluding hydrogens is 331 g/mol. The van der Waals surface area contributed by atoms with Gasteiger partial charge in [-0.1, -0.05) is 0 Å². The Labute approximate surface area is 119 Å². The number of guanidine groups is 1. The first-order valence-corrected chi connectivity index (χ1v) is 5.59. The van der Waals surface area contributed by atoms with Crippen molar-refractivity contribution < 1.29 is 0 Å². The zero-order chi connectivity index (χ0) is 11.4. The summed E-state index contributed by atoms with van der Waals surface area (Å²) in [5.74, 6) is 1.88. The first-order valence-electron chi connectivity index (χ1n) is 5.59. The van der Waals surface area contributed by atoms with Crippen molar-refractivity contribution in [2.24, 2.45) is 12.0 Å². The smallest absolute Gasteiger partial charge is 0.194 e. The van der Waals surface area contributed by atoms with E-state index in [0.717, 1.165) is 24.9 Å². The molecule has 1 aromatic heterocycles. The lowest BCUT2D eigenvalue weighted by Gasteiger charge is -2.20. The summed E-state index contributed by atoms with van der Waals surface area (Å²) in [6, 6.07) is 0. The molecule has 1 aliphatic rings. The molecule has 6 nitrogen and oxygen atoms in total. The average molecular weight is 350 g/mol. The summed E-state index contributed by atoms with van der Waals surface area (Å²) in [4.78, 5) is 10.7. The molecule has 0 radical (unpaired) electrons. The maximum Gasteiger partial charge on any atom is 0.194 e. The lowest BCUT2D eigenvalue weighted by molar-refractivity contribution is 0.490. The minimum absolute atomic E-state index is 0. The third kappa shape index (κ3) is 3.55. The van der Waals surface area contributed by atoms with Gasteiger partial charge in [-0.05, 0) is 12.8 Å². The normalized spacial score (nSPS) is 15.9. The fourth-order valence-electron chi connectivity index (χ4n) is 1.90.